The van der Waals surface area contributed by atoms with E-state index >= 15 is 0 Å². The molecule has 98 valence electrons. The lowest BCUT2D eigenvalue weighted by molar-refractivity contribution is -0.484. The molecule has 2 atom stereocenters. The molecule has 0 saturated carbocycles. The Morgan fingerprint density at radius 3 is 2.28 bits per heavy atom. The third kappa shape index (κ3) is 3.61. The van der Waals surface area contributed by atoms with Crippen LogP contribution in [-0.4, -0.2) is 17.8 Å². The number of carbonyl (C=O) groups excluding carboxylic acids is 1. The lowest BCUT2D eigenvalue weighted by atomic mass is 9.80. The molecule has 0 unspecified atom stereocenters. The van der Waals surface area contributed by atoms with E-state index in [4.69, 9.17) is 0 Å². The second kappa shape index (κ2) is 6.23. The van der Waals surface area contributed by atoms with E-state index in [0.717, 1.165) is 6.29 Å². The average Bonchev–Trinajstić information content (AvgIpc) is 2.28. The SMILES string of the molecule is CC(C)[C@@H](C=O)[C@H](C[N+](=O)[O-])c1ccc(F)cc1. The highest BCUT2D eigenvalue weighted by atomic mass is 19.1. The lowest BCUT2D eigenvalue weighted by Crippen LogP contribution is -2.26. The summed E-state index contributed by atoms with van der Waals surface area (Å²) in [6.45, 7) is 3.36. The Kier molecular flexibility index (Phi) is 4.95. The fourth-order valence-electron chi connectivity index (χ4n) is 2.04. The first-order valence-electron chi connectivity index (χ1n) is 5.78. The summed E-state index contributed by atoms with van der Waals surface area (Å²) in [5.74, 6) is -1.36. The fraction of sp³-hybridized carbons (Fsp3) is 0.462. The molecule has 0 bridgehead atoms. The Morgan fingerprint density at radius 1 is 1.33 bits per heavy atom. The molecule has 0 aromatic heterocycles. The summed E-state index contributed by atoms with van der Waals surface area (Å²) >= 11 is 0. The summed E-state index contributed by atoms with van der Waals surface area (Å²) in [4.78, 5) is 21.4. The molecule has 0 saturated heterocycles. The van der Waals surface area contributed by atoms with Crippen LogP contribution in [0.2, 0.25) is 0 Å². The summed E-state index contributed by atoms with van der Waals surface area (Å²) in [5.41, 5.74) is 0.624. The number of halogens is 1. The highest BCUT2D eigenvalue weighted by molar-refractivity contribution is 5.56. The lowest BCUT2D eigenvalue weighted by Gasteiger charge is -2.23. The summed E-state index contributed by atoms with van der Waals surface area (Å²) in [6.07, 6.45) is 0.752. The Bertz CT molecular complexity index is 417. The molecule has 5 heteroatoms. The standard InChI is InChI=1S/C13H16FNO3/c1-9(2)13(8-16)12(7-15(17)18)10-3-5-11(14)6-4-10/h3-6,8-9,12-13H,7H2,1-2H3/t12-,13-/m1/s1. The number of carbonyl (C=O) groups is 1. The highest BCUT2D eigenvalue weighted by Crippen LogP contribution is 2.29. The second-order valence-corrected chi connectivity index (χ2v) is 4.63. The maximum Gasteiger partial charge on any atom is 0.211 e. The van der Waals surface area contributed by atoms with E-state index in [1.807, 2.05) is 13.8 Å². The summed E-state index contributed by atoms with van der Waals surface area (Å²) in [7, 11) is 0. The van der Waals surface area contributed by atoms with E-state index in [2.05, 4.69) is 0 Å². The first-order valence-corrected chi connectivity index (χ1v) is 5.78. The van der Waals surface area contributed by atoms with Crippen molar-refractivity contribution in [3.05, 3.63) is 45.8 Å². The van der Waals surface area contributed by atoms with Crippen LogP contribution in [0.3, 0.4) is 0 Å². The van der Waals surface area contributed by atoms with Crippen molar-refractivity contribution in [3.8, 4) is 0 Å². The fourth-order valence-corrected chi connectivity index (χ4v) is 2.04. The molecule has 0 radical (unpaired) electrons. The molecule has 0 aliphatic rings. The Balaban J connectivity index is 3.07. The zero-order valence-electron chi connectivity index (χ0n) is 10.4. The molecular weight excluding hydrogens is 237 g/mol. The van der Waals surface area contributed by atoms with Gasteiger partial charge >= 0.3 is 0 Å². The van der Waals surface area contributed by atoms with Gasteiger partial charge in [-0.05, 0) is 23.6 Å². The van der Waals surface area contributed by atoms with Crippen molar-refractivity contribution >= 4 is 6.29 Å². The van der Waals surface area contributed by atoms with Crippen molar-refractivity contribution < 1.29 is 14.1 Å². The third-order valence-electron chi connectivity index (χ3n) is 3.04. The van der Waals surface area contributed by atoms with Crippen LogP contribution in [0.4, 0.5) is 4.39 Å². The van der Waals surface area contributed by atoms with Gasteiger partial charge in [-0.2, -0.15) is 0 Å². The minimum atomic E-state index is -0.516. The van der Waals surface area contributed by atoms with Crippen LogP contribution in [0.1, 0.15) is 25.3 Å². The van der Waals surface area contributed by atoms with Gasteiger partial charge in [-0.25, -0.2) is 4.39 Å². The van der Waals surface area contributed by atoms with E-state index in [1.165, 1.54) is 24.3 Å². The minimum Gasteiger partial charge on any atom is -0.303 e. The number of benzene rings is 1. The normalized spacial score (nSPS) is 14.2. The maximum atomic E-state index is 12.9. The van der Waals surface area contributed by atoms with Gasteiger partial charge in [-0.1, -0.05) is 26.0 Å². The molecular formula is C13H16FNO3. The number of nitrogens with zero attached hydrogens (tertiary/aromatic N) is 1. The van der Waals surface area contributed by atoms with Gasteiger partial charge in [-0.15, -0.1) is 0 Å². The van der Waals surface area contributed by atoms with Gasteiger partial charge in [0.1, 0.15) is 12.1 Å². The van der Waals surface area contributed by atoms with E-state index in [9.17, 15) is 19.3 Å². The predicted octanol–water partition coefficient (Wildman–Crippen LogP) is 2.66. The maximum absolute atomic E-state index is 12.9. The van der Waals surface area contributed by atoms with Crippen LogP contribution in [0.5, 0.6) is 0 Å². The van der Waals surface area contributed by atoms with E-state index in [1.54, 1.807) is 0 Å². The Labute approximate surface area is 105 Å². The first kappa shape index (κ1) is 14.3. The number of aldehydes is 1. The van der Waals surface area contributed by atoms with Gasteiger partial charge in [0.25, 0.3) is 0 Å². The zero-order valence-corrected chi connectivity index (χ0v) is 10.4. The Hall–Kier alpha value is -1.78. The van der Waals surface area contributed by atoms with E-state index in [0.29, 0.717) is 5.56 Å². The summed E-state index contributed by atoms with van der Waals surface area (Å²) < 4.78 is 12.9. The van der Waals surface area contributed by atoms with E-state index < -0.39 is 22.6 Å². The average molecular weight is 253 g/mol. The van der Waals surface area contributed by atoms with Crippen LogP contribution < -0.4 is 0 Å². The molecule has 18 heavy (non-hydrogen) atoms. The van der Waals surface area contributed by atoms with Crippen LogP contribution in [0.15, 0.2) is 24.3 Å². The van der Waals surface area contributed by atoms with Crippen LogP contribution in [0.25, 0.3) is 0 Å². The molecule has 0 amide bonds. The number of hydrogen-bond acceptors (Lipinski definition) is 3. The molecule has 0 heterocycles. The molecule has 1 aromatic rings. The van der Waals surface area contributed by atoms with Crippen molar-refractivity contribution in [1.82, 2.24) is 0 Å². The smallest absolute Gasteiger partial charge is 0.211 e. The van der Waals surface area contributed by atoms with Crippen molar-refractivity contribution in [2.75, 3.05) is 6.54 Å². The van der Waals surface area contributed by atoms with Crippen molar-refractivity contribution in [3.63, 3.8) is 0 Å². The van der Waals surface area contributed by atoms with Crippen molar-refractivity contribution in [2.24, 2.45) is 11.8 Å². The number of nitro groups is 1. The van der Waals surface area contributed by atoms with Gasteiger partial charge < -0.3 is 4.79 Å². The van der Waals surface area contributed by atoms with Gasteiger partial charge in [0, 0.05) is 10.8 Å². The molecule has 0 aliphatic carbocycles. The predicted molar refractivity (Wildman–Crippen MR) is 65.4 cm³/mol. The molecule has 0 N–H and O–H groups in total. The monoisotopic (exact) mass is 253 g/mol. The molecule has 1 rings (SSSR count). The van der Waals surface area contributed by atoms with Crippen LogP contribution in [-0.2, 0) is 4.79 Å². The molecule has 0 aliphatic heterocycles. The van der Waals surface area contributed by atoms with Gasteiger partial charge in [0.05, 0.1) is 5.92 Å². The summed E-state index contributed by atoms with van der Waals surface area (Å²) in [6, 6.07) is 5.51. The molecule has 1 aromatic carbocycles. The second-order valence-electron chi connectivity index (χ2n) is 4.63. The minimum absolute atomic E-state index is 0.00231. The zero-order chi connectivity index (χ0) is 13.7. The topological polar surface area (TPSA) is 60.2 Å². The van der Waals surface area contributed by atoms with Gasteiger partial charge in [0.15, 0.2) is 0 Å². The van der Waals surface area contributed by atoms with Crippen molar-refractivity contribution in [2.45, 2.75) is 19.8 Å². The molecule has 0 fully saturated rings. The summed E-state index contributed by atoms with van der Waals surface area (Å²) in [5, 5.41) is 10.7. The molecule has 0 spiro atoms. The number of rotatable bonds is 6. The van der Waals surface area contributed by atoms with Crippen LogP contribution in [0, 0.1) is 27.8 Å². The first-order chi connectivity index (χ1) is 8.45. The van der Waals surface area contributed by atoms with Gasteiger partial charge in [-0.3, -0.25) is 10.1 Å². The Morgan fingerprint density at radius 2 is 1.89 bits per heavy atom. The third-order valence-corrected chi connectivity index (χ3v) is 3.04. The van der Waals surface area contributed by atoms with Gasteiger partial charge in [0.2, 0.25) is 6.54 Å². The largest absolute Gasteiger partial charge is 0.303 e. The molecule has 4 nitrogen and oxygen atoms in total. The highest BCUT2D eigenvalue weighted by Gasteiger charge is 2.29. The quantitative estimate of drug-likeness (QED) is 0.445. The van der Waals surface area contributed by atoms with Crippen LogP contribution >= 0.6 is 0 Å². The number of hydrogen-bond donors (Lipinski definition) is 0. The van der Waals surface area contributed by atoms with E-state index in [-0.39, 0.29) is 12.5 Å². The van der Waals surface area contributed by atoms with Crippen molar-refractivity contribution in [1.29, 1.82) is 0 Å².